The Labute approximate surface area is 125 Å². The molecule has 0 rings (SSSR count). The van der Waals surface area contributed by atoms with Crippen molar-refractivity contribution in [1.82, 2.24) is 0 Å². The third-order valence-corrected chi connectivity index (χ3v) is 4.03. The van der Waals surface area contributed by atoms with E-state index in [1.54, 1.807) is 0 Å². The molecule has 0 saturated heterocycles. The van der Waals surface area contributed by atoms with E-state index in [2.05, 4.69) is 47.4 Å². The summed E-state index contributed by atoms with van der Waals surface area (Å²) in [5.41, 5.74) is 1.59. The lowest BCUT2D eigenvalue weighted by Gasteiger charge is -2.21. The van der Waals surface area contributed by atoms with E-state index in [0.29, 0.717) is 11.5 Å². The molecular formula is C19H31F. The summed E-state index contributed by atoms with van der Waals surface area (Å²) in [7, 11) is 0. The molecule has 0 bridgehead atoms. The third kappa shape index (κ3) is 8.14. The molecule has 0 aromatic carbocycles. The zero-order valence-electron chi connectivity index (χ0n) is 13.7. The van der Waals surface area contributed by atoms with Crippen LogP contribution in [0.15, 0.2) is 48.9 Å². The van der Waals surface area contributed by atoms with Gasteiger partial charge in [0.2, 0.25) is 0 Å². The summed E-state index contributed by atoms with van der Waals surface area (Å²) >= 11 is 0. The average Bonchev–Trinajstić information content (AvgIpc) is 2.40. The summed E-state index contributed by atoms with van der Waals surface area (Å²) in [4.78, 5) is 0. The average molecular weight is 278 g/mol. The molecule has 0 aromatic heterocycles. The Hall–Kier alpha value is -1.11. The topological polar surface area (TPSA) is 0 Å². The Balaban J connectivity index is 4.17. The Morgan fingerprint density at radius 2 is 1.55 bits per heavy atom. The number of rotatable bonds is 10. The van der Waals surface area contributed by atoms with E-state index in [9.17, 15) is 4.39 Å². The molecule has 0 heterocycles. The van der Waals surface area contributed by atoms with Crippen molar-refractivity contribution >= 4 is 0 Å². The van der Waals surface area contributed by atoms with Gasteiger partial charge < -0.3 is 0 Å². The second-order valence-corrected chi connectivity index (χ2v) is 6.33. The van der Waals surface area contributed by atoms with Crippen LogP contribution in [0.3, 0.4) is 0 Å². The Bertz CT molecular complexity index is 360. The first-order valence-electron chi connectivity index (χ1n) is 7.64. The maximum Gasteiger partial charge on any atom is 0.123 e. The minimum absolute atomic E-state index is 0.352. The third-order valence-electron chi connectivity index (χ3n) is 4.03. The molecule has 0 amide bonds. The molecule has 2 atom stereocenters. The molecule has 0 aromatic rings. The Morgan fingerprint density at radius 1 is 1.00 bits per heavy atom. The minimum Gasteiger partial charge on any atom is -0.207 e. The molecule has 0 aliphatic carbocycles. The van der Waals surface area contributed by atoms with Gasteiger partial charge in [-0.1, -0.05) is 60.3 Å². The molecule has 0 fully saturated rings. The zero-order chi connectivity index (χ0) is 15.7. The molecule has 0 N–H and O–H groups in total. The summed E-state index contributed by atoms with van der Waals surface area (Å²) in [5, 5.41) is 0. The quantitative estimate of drug-likeness (QED) is 0.393. The van der Waals surface area contributed by atoms with Gasteiger partial charge >= 0.3 is 0 Å². The molecule has 1 heteroatoms. The minimum atomic E-state index is -0.352. The van der Waals surface area contributed by atoms with Gasteiger partial charge in [0.05, 0.1) is 0 Å². The summed E-state index contributed by atoms with van der Waals surface area (Å²) in [6, 6.07) is 0. The van der Waals surface area contributed by atoms with Crippen LogP contribution in [0.25, 0.3) is 0 Å². The van der Waals surface area contributed by atoms with Crippen molar-refractivity contribution in [1.29, 1.82) is 0 Å². The van der Waals surface area contributed by atoms with E-state index in [4.69, 9.17) is 0 Å². The summed E-state index contributed by atoms with van der Waals surface area (Å²) in [5.74, 6) is 1.80. The summed E-state index contributed by atoms with van der Waals surface area (Å²) in [6.07, 6.45) is 7.12. The van der Waals surface area contributed by atoms with Crippen molar-refractivity contribution in [2.45, 2.75) is 53.4 Å². The smallest absolute Gasteiger partial charge is 0.123 e. The first-order chi connectivity index (χ1) is 9.27. The fraction of sp³-hybridized carbons (Fsp3) is 0.579. The van der Waals surface area contributed by atoms with Crippen LogP contribution in [0.5, 0.6) is 0 Å². The molecule has 0 nitrogen and oxygen atoms in total. The maximum atomic E-state index is 13.1. The molecule has 0 radical (unpaired) electrons. The largest absolute Gasteiger partial charge is 0.207 e. The first kappa shape index (κ1) is 18.9. The van der Waals surface area contributed by atoms with Crippen molar-refractivity contribution in [3.63, 3.8) is 0 Å². The highest BCUT2D eigenvalue weighted by atomic mass is 19.1. The van der Waals surface area contributed by atoms with Crippen LogP contribution in [-0.4, -0.2) is 0 Å². The molecule has 0 saturated carbocycles. The fourth-order valence-electron chi connectivity index (χ4n) is 2.06. The highest BCUT2D eigenvalue weighted by Crippen LogP contribution is 2.26. The van der Waals surface area contributed by atoms with Gasteiger partial charge in [-0.05, 0) is 53.9 Å². The van der Waals surface area contributed by atoms with Gasteiger partial charge in [0.15, 0.2) is 0 Å². The zero-order valence-corrected chi connectivity index (χ0v) is 13.7. The van der Waals surface area contributed by atoms with Crippen molar-refractivity contribution in [3.05, 3.63) is 48.9 Å². The van der Waals surface area contributed by atoms with Crippen LogP contribution in [0, 0.1) is 17.8 Å². The number of allylic oxidation sites excluding steroid dienone is 5. The molecule has 114 valence electrons. The van der Waals surface area contributed by atoms with Crippen LogP contribution >= 0.6 is 0 Å². The van der Waals surface area contributed by atoms with Gasteiger partial charge in [0.1, 0.15) is 5.83 Å². The summed E-state index contributed by atoms with van der Waals surface area (Å²) < 4.78 is 13.1. The van der Waals surface area contributed by atoms with Crippen molar-refractivity contribution in [3.8, 4) is 0 Å². The van der Waals surface area contributed by atoms with E-state index < -0.39 is 0 Å². The van der Waals surface area contributed by atoms with E-state index in [0.717, 1.165) is 30.3 Å². The molecule has 20 heavy (non-hydrogen) atoms. The van der Waals surface area contributed by atoms with Crippen LogP contribution in [0.1, 0.15) is 53.4 Å². The number of hydrogen-bond donors (Lipinski definition) is 0. The van der Waals surface area contributed by atoms with Crippen LogP contribution in [0.4, 0.5) is 4.39 Å². The van der Waals surface area contributed by atoms with E-state index in [1.807, 2.05) is 0 Å². The molecule has 0 aliphatic heterocycles. The second kappa shape index (κ2) is 9.74. The lowest BCUT2D eigenvalue weighted by molar-refractivity contribution is 0.321. The van der Waals surface area contributed by atoms with Gasteiger partial charge in [0, 0.05) is 0 Å². The van der Waals surface area contributed by atoms with Gasteiger partial charge in [-0.3, -0.25) is 0 Å². The summed E-state index contributed by atoms with van der Waals surface area (Å²) in [6.45, 7) is 20.4. The highest BCUT2D eigenvalue weighted by Gasteiger charge is 2.13. The Kier molecular flexibility index (Phi) is 9.20. The normalized spacial score (nSPS) is 15.0. The van der Waals surface area contributed by atoms with Crippen molar-refractivity contribution < 1.29 is 4.39 Å². The predicted molar refractivity (Wildman–Crippen MR) is 89.3 cm³/mol. The van der Waals surface area contributed by atoms with E-state index >= 15 is 0 Å². The first-order valence-corrected chi connectivity index (χ1v) is 7.64. The van der Waals surface area contributed by atoms with Crippen LogP contribution in [0.2, 0.25) is 0 Å². The van der Waals surface area contributed by atoms with Gasteiger partial charge in [-0.15, -0.1) is 0 Å². The van der Waals surface area contributed by atoms with Crippen molar-refractivity contribution in [2.75, 3.05) is 0 Å². The maximum absolute atomic E-state index is 13.1. The predicted octanol–water partition coefficient (Wildman–Crippen LogP) is 6.63. The van der Waals surface area contributed by atoms with Gasteiger partial charge in [0.25, 0.3) is 0 Å². The molecule has 0 spiro atoms. The molecular weight excluding hydrogens is 247 g/mol. The molecule has 2 unspecified atom stereocenters. The second-order valence-electron chi connectivity index (χ2n) is 6.33. The fourth-order valence-corrected chi connectivity index (χ4v) is 2.06. The standard InChI is InChI=1S/C19H31F/c1-8-19(20)13-18(7)17(6)12-11-16(5)15(4)10-9-14(2)3/h8,13-16H,1,6-7,9-12H2,2-5H3/b19-13+. The monoisotopic (exact) mass is 278 g/mol. The van der Waals surface area contributed by atoms with E-state index in [1.165, 1.54) is 25.0 Å². The van der Waals surface area contributed by atoms with E-state index in [-0.39, 0.29) is 5.83 Å². The highest BCUT2D eigenvalue weighted by molar-refractivity contribution is 5.37. The van der Waals surface area contributed by atoms with Gasteiger partial charge in [-0.2, -0.15) is 0 Å². The van der Waals surface area contributed by atoms with Gasteiger partial charge in [-0.25, -0.2) is 4.39 Å². The lowest BCUT2D eigenvalue weighted by Crippen LogP contribution is -2.09. The van der Waals surface area contributed by atoms with Crippen LogP contribution in [-0.2, 0) is 0 Å². The van der Waals surface area contributed by atoms with Crippen molar-refractivity contribution in [2.24, 2.45) is 17.8 Å². The Morgan fingerprint density at radius 3 is 2.05 bits per heavy atom. The lowest BCUT2D eigenvalue weighted by atomic mass is 9.85. The number of halogens is 1. The molecule has 0 aliphatic rings. The SMILES string of the molecule is C=C/C(F)=C\C(=C)C(=C)CCC(C)C(C)CCC(C)C. The number of hydrogen-bond acceptors (Lipinski definition) is 0. The van der Waals surface area contributed by atoms with Crippen LogP contribution < -0.4 is 0 Å².